The number of halogens is 7. The lowest BCUT2D eigenvalue weighted by Gasteiger charge is -2.15. The number of benzene rings is 1. The van der Waals surface area contributed by atoms with Crippen LogP contribution in [0.2, 0.25) is 0 Å². The van der Waals surface area contributed by atoms with Crippen LogP contribution in [0.1, 0.15) is 22.3 Å². The lowest BCUT2D eigenvalue weighted by atomic mass is 10.1. The van der Waals surface area contributed by atoms with E-state index in [0.717, 1.165) is 6.20 Å². The van der Waals surface area contributed by atoms with E-state index in [9.17, 15) is 35.8 Å². The summed E-state index contributed by atoms with van der Waals surface area (Å²) in [5.74, 6) is -1.62. The van der Waals surface area contributed by atoms with E-state index in [-0.39, 0.29) is 18.5 Å². The molecule has 0 amide bonds. The molecule has 30 heavy (non-hydrogen) atoms. The number of aliphatic hydroxyl groups excluding tert-OH is 1. The third-order valence-electron chi connectivity index (χ3n) is 4.12. The molecular weight excluding hydrogens is 421 g/mol. The van der Waals surface area contributed by atoms with Gasteiger partial charge in [-0.1, -0.05) is 0 Å². The highest BCUT2D eigenvalue weighted by Gasteiger charge is 2.37. The maximum atomic E-state index is 14.1. The first-order chi connectivity index (χ1) is 13.9. The van der Waals surface area contributed by atoms with Crippen LogP contribution in [0, 0.1) is 12.7 Å². The first kappa shape index (κ1) is 21.6. The molecule has 0 atom stereocenters. The third kappa shape index (κ3) is 4.53. The zero-order valence-corrected chi connectivity index (χ0v) is 15.1. The van der Waals surface area contributed by atoms with Crippen molar-refractivity contribution in [3.63, 3.8) is 0 Å². The number of hydrogen-bond donors (Lipinski definition) is 2. The van der Waals surface area contributed by atoms with Gasteiger partial charge in [-0.15, -0.1) is 0 Å². The highest BCUT2D eigenvalue weighted by atomic mass is 19.4. The average molecular weight is 434 g/mol. The van der Waals surface area contributed by atoms with Crippen molar-refractivity contribution in [3.8, 4) is 5.82 Å². The van der Waals surface area contributed by atoms with Gasteiger partial charge in [-0.05, 0) is 36.2 Å². The van der Waals surface area contributed by atoms with E-state index in [4.69, 9.17) is 0 Å². The largest absolute Gasteiger partial charge is 0.416 e. The Bertz CT molecular complexity index is 1040. The van der Waals surface area contributed by atoms with Crippen molar-refractivity contribution in [2.45, 2.75) is 25.9 Å². The molecule has 160 valence electrons. The lowest BCUT2D eigenvalue weighted by molar-refractivity contribution is -0.143. The summed E-state index contributed by atoms with van der Waals surface area (Å²) in [5.41, 5.74) is -2.51. The minimum absolute atomic E-state index is 0.0128. The number of anilines is 2. The summed E-state index contributed by atoms with van der Waals surface area (Å²) in [6, 6.07) is 0.914. The van der Waals surface area contributed by atoms with Crippen molar-refractivity contribution in [1.82, 2.24) is 14.5 Å². The summed E-state index contributed by atoms with van der Waals surface area (Å²) in [5, 5.41) is 11.5. The van der Waals surface area contributed by atoms with E-state index in [1.165, 1.54) is 17.0 Å². The molecule has 0 unspecified atom stereocenters. The fraction of sp³-hybridized carbons (Fsp3) is 0.222. The van der Waals surface area contributed by atoms with Crippen molar-refractivity contribution >= 4 is 11.6 Å². The van der Waals surface area contributed by atoms with E-state index in [0.29, 0.717) is 23.3 Å². The van der Waals surface area contributed by atoms with Gasteiger partial charge in [0.05, 0.1) is 23.9 Å². The SMILES string of the molecule is Cc1cn(-c2nc(Nc3cc(C(F)(F)F)cc(C(F)(F)F)c3)ncc2F)cc1CO. The molecule has 12 heteroatoms. The van der Waals surface area contributed by atoms with E-state index in [1.807, 2.05) is 0 Å². The number of alkyl halides is 6. The van der Waals surface area contributed by atoms with E-state index >= 15 is 0 Å². The first-order valence-electron chi connectivity index (χ1n) is 8.26. The van der Waals surface area contributed by atoms with E-state index in [1.54, 1.807) is 6.92 Å². The highest BCUT2D eigenvalue weighted by Crippen LogP contribution is 2.38. The Balaban J connectivity index is 2.02. The van der Waals surface area contributed by atoms with Crippen molar-refractivity contribution in [2.24, 2.45) is 0 Å². The highest BCUT2D eigenvalue weighted by molar-refractivity contribution is 5.57. The topological polar surface area (TPSA) is 63.0 Å². The van der Waals surface area contributed by atoms with Gasteiger partial charge in [0, 0.05) is 18.1 Å². The minimum Gasteiger partial charge on any atom is -0.392 e. The number of hydrogen-bond acceptors (Lipinski definition) is 4. The van der Waals surface area contributed by atoms with Crippen LogP contribution in [0.3, 0.4) is 0 Å². The molecule has 2 heterocycles. The summed E-state index contributed by atoms with van der Waals surface area (Å²) in [6.45, 7) is 1.34. The number of aryl methyl sites for hydroxylation is 1. The van der Waals surface area contributed by atoms with Gasteiger partial charge in [-0.25, -0.2) is 9.37 Å². The van der Waals surface area contributed by atoms with Crippen LogP contribution in [0.4, 0.5) is 42.4 Å². The average Bonchev–Trinajstić information content (AvgIpc) is 3.02. The first-order valence-corrected chi connectivity index (χ1v) is 8.26. The quantitative estimate of drug-likeness (QED) is 0.568. The van der Waals surface area contributed by atoms with Gasteiger partial charge >= 0.3 is 12.4 Å². The smallest absolute Gasteiger partial charge is 0.392 e. The van der Waals surface area contributed by atoms with Crippen LogP contribution in [0.5, 0.6) is 0 Å². The fourth-order valence-electron chi connectivity index (χ4n) is 2.64. The Hall–Kier alpha value is -3.15. The predicted octanol–water partition coefficient (Wildman–Crippen LogP) is 4.99. The molecule has 2 aromatic heterocycles. The normalized spacial score (nSPS) is 12.3. The maximum absolute atomic E-state index is 14.1. The molecule has 1 aromatic carbocycles. The Morgan fingerprint density at radius 1 is 1.00 bits per heavy atom. The number of nitrogens with zero attached hydrogens (tertiary/aromatic N) is 3. The third-order valence-corrected chi connectivity index (χ3v) is 4.12. The Kier molecular flexibility index (Phi) is 5.46. The van der Waals surface area contributed by atoms with Gasteiger partial charge in [0.15, 0.2) is 11.6 Å². The molecule has 0 fully saturated rings. The van der Waals surface area contributed by atoms with Gasteiger partial charge in [-0.3, -0.25) is 0 Å². The number of nitrogens with one attached hydrogen (secondary N) is 1. The van der Waals surface area contributed by atoms with Crippen LogP contribution < -0.4 is 5.32 Å². The van der Waals surface area contributed by atoms with Crippen LogP contribution in [0.25, 0.3) is 5.82 Å². The summed E-state index contributed by atoms with van der Waals surface area (Å²) < 4.78 is 93.3. The van der Waals surface area contributed by atoms with Gasteiger partial charge in [0.2, 0.25) is 5.95 Å². The molecule has 3 aromatic rings. The molecular formula is C18H13F7N4O. The van der Waals surface area contributed by atoms with Crippen LogP contribution in [-0.4, -0.2) is 19.6 Å². The second kappa shape index (κ2) is 7.59. The predicted molar refractivity (Wildman–Crippen MR) is 91.7 cm³/mol. The molecule has 0 saturated heterocycles. The van der Waals surface area contributed by atoms with Crippen LogP contribution in [0.15, 0.2) is 36.8 Å². The van der Waals surface area contributed by atoms with E-state index < -0.39 is 40.9 Å². The molecule has 0 aliphatic heterocycles. The molecule has 0 spiro atoms. The van der Waals surface area contributed by atoms with Gasteiger partial charge in [0.1, 0.15) is 0 Å². The number of aromatic nitrogens is 3. The standard InChI is InChI=1S/C18H13F7N4O/c1-9-6-29(7-10(9)8-30)15-14(19)5-26-16(28-15)27-13-3-11(17(20,21)22)2-12(4-13)18(23,24)25/h2-7,30H,8H2,1H3,(H,26,27,28). The summed E-state index contributed by atoms with van der Waals surface area (Å²) in [7, 11) is 0. The second-order valence-corrected chi connectivity index (χ2v) is 6.32. The molecule has 2 N–H and O–H groups in total. The maximum Gasteiger partial charge on any atom is 0.416 e. The van der Waals surface area contributed by atoms with Crippen LogP contribution in [-0.2, 0) is 19.0 Å². The monoisotopic (exact) mass is 434 g/mol. The summed E-state index contributed by atoms with van der Waals surface area (Å²) in [6.07, 6.45) is -6.48. The zero-order valence-electron chi connectivity index (χ0n) is 15.1. The zero-order chi connectivity index (χ0) is 22.3. The Morgan fingerprint density at radius 3 is 2.10 bits per heavy atom. The molecule has 0 bridgehead atoms. The Morgan fingerprint density at radius 2 is 1.60 bits per heavy atom. The second-order valence-electron chi connectivity index (χ2n) is 6.32. The van der Waals surface area contributed by atoms with Crippen molar-refractivity contribution in [3.05, 3.63) is 64.9 Å². The molecule has 0 saturated carbocycles. The molecule has 5 nitrogen and oxygen atoms in total. The fourth-order valence-corrected chi connectivity index (χ4v) is 2.64. The molecule has 0 aliphatic rings. The molecule has 0 radical (unpaired) electrons. The van der Waals surface area contributed by atoms with Crippen molar-refractivity contribution in [2.75, 3.05) is 5.32 Å². The van der Waals surface area contributed by atoms with Gasteiger partial charge in [-0.2, -0.15) is 31.3 Å². The number of aliphatic hydroxyl groups is 1. The van der Waals surface area contributed by atoms with E-state index in [2.05, 4.69) is 15.3 Å². The van der Waals surface area contributed by atoms with Gasteiger partial charge in [0.25, 0.3) is 0 Å². The number of rotatable bonds is 4. The minimum atomic E-state index is -5.02. The molecule has 3 rings (SSSR count). The molecule has 0 aliphatic carbocycles. The van der Waals surface area contributed by atoms with Crippen molar-refractivity contribution < 1.29 is 35.8 Å². The Labute approximate surface area is 164 Å². The summed E-state index contributed by atoms with van der Waals surface area (Å²) >= 11 is 0. The summed E-state index contributed by atoms with van der Waals surface area (Å²) in [4.78, 5) is 7.40. The van der Waals surface area contributed by atoms with Gasteiger partial charge < -0.3 is 15.0 Å². The lowest BCUT2D eigenvalue weighted by Crippen LogP contribution is -2.12. The van der Waals surface area contributed by atoms with Crippen LogP contribution >= 0.6 is 0 Å². The van der Waals surface area contributed by atoms with Crippen molar-refractivity contribution in [1.29, 1.82) is 0 Å².